The molecular formula is C8H14O4. The lowest BCUT2D eigenvalue weighted by atomic mass is 10.4. The van der Waals surface area contributed by atoms with Crippen LogP contribution in [0, 0.1) is 0 Å². The summed E-state index contributed by atoms with van der Waals surface area (Å²) in [4.78, 5) is 21.3. The van der Waals surface area contributed by atoms with E-state index >= 15 is 0 Å². The van der Waals surface area contributed by atoms with Gasteiger partial charge in [0.2, 0.25) is 0 Å². The standard InChI is InChI=1S/C8H14O4/c1-4-11-8(10)7(3)12-5-6(2)9/h7H,4-5H2,1-3H3/t7-/m0/s1. The molecule has 0 aromatic heterocycles. The third kappa shape index (κ3) is 4.85. The van der Waals surface area contributed by atoms with Crippen molar-refractivity contribution in [1.82, 2.24) is 0 Å². The van der Waals surface area contributed by atoms with Crippen molar-refractivity contribution < 1.29 is 19.1 Å². The molecule has 1 atom stereocenters. The fourth-order valence-corrected chi connectivity index (χ4v) is 0.570. The van der Waals surface area contributed by atoms with Crippen molar-refractivity contribution in [2.24, 2.45) is 0 Å². The number of rotatable bonds is 5. The van der Waals surface area contributed by atoms with E-state index in [-0.39, 0.29) is 12.4 Å². The van der Waals surface area contributed by atoms with Crippen LogP contribution in [-0.2, 0) is 19.1 Å². The minimum absolute atomic E-state index is 0.0417. The van der Waals surface area contributed by atoms with Crippen LogP contribution in [0.15, 0.2) is 0 Å². The smallest absolute Gasteiger partial charge is 0.334 e. The van der Waals surface area contributed by atoms with Crippen LogP contribution < -0.4 is 0 Å². The number of esters is 1. The van der Waals surface area contributed by atoms with Crippen LogP contribution in [0.25, 0.3) is 0 Å². The zero-order chi connectivity index (χ0) is 9.56. The summed E-state index contributed by atoms with van der Waals surface area (Å²) in [6.07, 6.45) is -0.658. The topological polar surface area (TPSA) is 52.6 Å². The summed E-state index contributed by atoms with van der Waals surface area (Å²) < 4.78 is 9.55. The molecule has 0 rings (SSSR count). The van der Waals surface area contributed by atoms with Crippen LogP contribution in [0.5, 0.6) is 0 Å². The SMILES string of the molecule is CCOC(=O)[C@H](C)OCC(C)=O. The molecular weight excluding hydrogens is 160 g/mol. The monoisotopic (exact) mass is 174 g/mol. The van der Waals surface area contributed by atoms with Gasteiger partial charge < -0.3 is 9.47 Å². The van der Waals surface area contributed by atoms with E-state index < -0.39 is 12.1 Å². The van der Waals surface area contributed by atoms with Crippen molar-refractivity contribution in [3.05, 3.63) is 0 Å². The van der Waals surface area contributed by atoms with E-state index in [1.165, 1.54) is 6.92 Å². The zero-order valence-corrected chi connectivity index (χ0v) is 7.62. The van der Waals surface area contributed by atoms with Gasteiger partial charge in [-0.3, -0.25) is 4.79 Å². The van der Waals surface area contributed by atoms with Gasteiger partial charge in [-0.05, 0) is 20.8 Å². The first-order valence-corrected chi connectivity index (χ1v) is 3.85. The van der Waals surface area contributed by atoms with Crippen LogP contribution >= 0.6 is 0 Å². The van der Waals surface area contributed by atoms with Crippen molar-refractivity contribution in [1.29, 1.82) is 0 Å². The number of ketones is 1. The van der Waals surface area contributed by atoms with Crippen LogP contribution in [0.4, 0.5) is 0 Å². The van der Waals surface area contributed by atoms with E-state index in [0.29, 0.717) is 6.61 Å². The number of carbonyl (C=O) groups excluding carboxylic acids is 2. The second kappa shape index (κ2) is 5.71. The molecule has 0 fully saturated rings. The van der Waals surface area contributed by atoms with E-state index in [0.717, 1.165) is 0 Å². The lowest BCUT2D eigenvalue weighted by Gasteiger charge is -2.09. The molecule has 0 aromatic rings. The molecule has 0 saturated heterocycles. The van der Waals surface area contributed by atoms with Gasteiger partial charge in [0.1, 0.15) is 6.61 Å². The molecule has 4 heteroatoms. The highest BCUT2D eigenvalue weighted by Gasteiger charge is 2.14. The lowest BCUT2D eigenvalue weighted by molar-refractivity contribution is -0.156. The molecule has 4 nitrogen and oxygen atoms in total. The van der Waals surface area contributed by atoms with Crippen LogP contribution in [-0.4, -0.2) is 31.1 Å². The molecule has 70 valence electrons. The number of ether oxygens (including phenoxy) is 2. The largest absolute Gasteiger partial charge is 0.464 e. The summed E-state index contributed by atoms with van der Waals surface area (Å²) in [6.45, 7) is 4.96. The van der Waals surface area contributed by atoms with Gasteiger partial charge in [-0.2, -0.15) is 0 Å². The van der Waals surface area contributed by atoms with E-state index in [4.69, 9.17) is 4.74 Å². The zero-order valence-electron chi connectivity index (χ0n) is 7.62. The van der Waals surface area contributed by atoms with Gasteiger partial charge in [-0.25, -0.2) is 4.79 Å². The fraction of sp³-hybridized carbons (Fsp3) is 0.750. The summed E-state index contributed by atoms with van der Waals surface area (Å²) in [5.74, 6) is -0.537. The second-order valence-corrected chi connectivity index (χ2v) is 2.41. The normalized spacial score (nSPS) is 12.2. The van der Waals surface area contributed by atoms with E-state index in [1.807, 2.05) is 0 Å². The van der Waals surface area contributed by atoms with Gasteiger partial charge >= 0.3 is 5.97 Å². The molecule has 0 bridgehead atoms. The van der Waals surface area contributed by atoms with E-state index in [9.17, 15) is 9.59 Å². The fourth-order valence-electron chi connectivity index (χ4n) is 0.570. The molecule has 0 N–H and O–H groups in total. The summed E-state index contributed by atoms with van der Waals surface area (Å²) in [5, 5.41) is 0. The van der Waals surface area contributed by atoms with Crippen molar-refractivity contribution in [2.75, 3.05) is 13.2 Å². The first kappa shape index (κ1) is 11.1. The van der Waals surface area contributed by atoms with Crippen LogP contribution in [0.2, 0.25) is 0 Å². The average molecular weight is 174 g/mol. The summed E-state index contributed by atoms with van der Waals surface area (Å²) >= 11 is 0. The summed E-state index contributed by atoms with van der Waals surface area (Å²) in [5.41, 5.74) is 0. The highest BCUT2D eigenvalue weighted by Crippen LogP contribution is 1.94. The predicted molar refractivity (Wildman–Crippen MR) is 42.7 cm³/mol. The molecule has 12 heavy (non-hydrogen) atoms. The van der Waals surface area contributed by atoms with Crippen LogP contribution in [0.1, 0.15) is 20.8 Å². The Morgan fingerprint density at radius 3 is 2.42 bits per heavy atom. The van der Waals surface area contributed by atoms with Gasteiger partial charge in [0.15, 0.2) is 11.9 Å². The van der Waals surface area contributed by atoms with Crippen molar-refractivity contribution >= 4 is 11.8 Å². The summed E-state index contributed by atoms with van der Waals surface area (Å²) in [7, 11) is 0. The van der Waals surface area contributed by atoms with E-state index in [2.05, 4.69) is 4.74 Å². The molecule has 0 unspecified atom stereocenters. The van der Waals surface area contributed by atoms with E-state index in [1.54, 1.807) is 13.8 Å². The molecule has 0 aliphatic heterocycles. The maximum Gasteiger partial charge on any atom is 0.334 e. The molecule has 0 amide bonds. The number of carbonyl (C=O) groups is 2. The summed E-state index contributed by atoms with van der Waals surface area (Å²) in [6, 6.07) is 0. The highest BCUT2D eigenvalue weighted by atomic mass is 16.6. The van der Waals surface area contributed by atoms with Gasteiger partial charge in [0.05, 0.1) is 6.61 Å². The van der Waals surface area contributed by atoms with Crippen molar-refractivity contribution in [3.63, 3.8) is 0 Å². The van der Waals surface area contributed by atoms with Gasteiger partial charge in [-0.1, -0.05) is 0 Å². The lowest BCUT2D eigenvalue weighted by Crippen LogP contribution is -2.25. The predicted octanol–water partition coefficient (Wildman–Crippen LogP) is 0.544. The third-order valence-electron chi connectivity index (χ3n) is 1.16. The average Bonchev–Trinajstić information content (AvgIpc) is 2.00. The Bertz CT molecular complexity index is 164. The first-order chi connectivity index (χ1) is 5.57. The van der Waals surface area contributed by atoms with Gasteiger partial charge in [-0.15, -0.1) is 0 Å². The molecule has 0 heterocycles. The highest BCUT2D eigenvalue weighted by molar-refractivity contribution is 5.78. The quantitative estimate of drug-likeness (QED) is 0.571. The Hall–Kier alpha value is -0.900. The second-order valence-electron chi connectivity index (χ2n) is 2.41. The molecule has 0 aliphatic carbocycles. The maximum atomic E-state index is 10.9. The minimum atomic E-state index is -0.658. The maximum absolute atomic E-state index is 10.9. The first-order valence-electron chi connectivity index (χ1n) is 3.85. The molecule has 0 aliphatic rings. The Labute approximate surface area is 71.8 Å². The van der Waals surface area contributed by atoms with Gasteiger partial charge in [0.25, 0.3) is 0 Å². The molecule has 0 saturated carbocycles. The number of hydrogen-bond donors (Lipinski definition) is 0. The molecule has 0 radical (unpaired) electrons. The molecule has 0 aromatic carbocycles. The third-order valence-corrected chi connectivity index (χ3v) is 1.16. The molecule has 0 spiro atoms. The Morgan fingerprint density at radius 1 is 1.42 bits per heavy atom. The Kier molecular flexibility index (Phi) is 5.28. The van der Waals surface area contributed by atoms with Crippen molar-refractivity contribution in [3.8, 4) is 0 Å². The van der Waals surface area contributed by atoms with Crippen LogP contribution in [0.3, 0.4) is 0 Å². The number of Topliss-reactive ketones (excluding diaryl/α,β-unsaturated/α-hetero) is 1. The Morgan fingerprint density at radius 2 is 2.00 bits per heavy atom. The van der Waals surface area contributed by atoms with Crippen molar-refractivity contribution in [2.45, 2.75) is 26.9 Å². The number of hydrogen-bond acceptors (Lipinski definition) is 4. The Balaban J connectivity index is 3.63. The van der Waals surface area contributed by atoms with Gasteiger partial charge in [0, 0.05) is 0 Å². The minimum Gasteiger partial charge on any atom is -0.464 e.